The Balaban J connectivity index is 1.86. The number of rotatable bonds is 8. The van der Waals surface area contributed by atoms with Gasteiger partial charge in [-0.1, -0.05) is 53.7 Å². The van der Waals surface area contributed by atoms with E-state index in [0.717, 1.165) is 11.1 Å². The van der Waals surface area contributed by atoms with Crippen LogP contribution in [0.3, 0.4) is 0 Å². The van der Waals surface area contributed by atoms with Crippen LogP contribution in [-0.4, -0.2) is 30.4 Å². The van der Waals surface area contributed by atoms with Crippen molar-refractivity contribution in [2.45, 2.75) is 26.8 Å². The average Bonchev–Trinajstić information content (AvgIpc) is 3.17. The van der Waals surface area contributed by atoms with Gasteiger partial charge in [0.05, 0.1) is 35.1 Å². The summed E-state index contributed by atoms with van der Waals surface area (Å²) < 4.78 is 18.6. The molecule has 0 aliphatic carbocycles. The quantitative estimate of drug-likeness (QED) is 0.349. The van der Waals surface area contributed by atoms with Crippen molar-refractivity contribution in [3.63, 3.8) is 0 Å². The van der Waals surface area contributed by atoms with Gasteiger partial charge in [0.2, 0.25) is 0 Å². The van der Waals surface area contributed by atoms with Crippen molar-refractivity contribution in [2.24, 2.45) is 4.99 Å². The summed E-state index contributed by atoms with van der Waals surface area (Å²) in [6.45, 7) is 6.20. The fourth-order valence-corrected chi connectivity index (χ4v) is 5.06. The largest absolute Gasteiger partial charge is 0.490 e. The fourth-order valence-electron chi connectivity index (χ4n) is 4.02. The molecule has 0 amide bonds. The maximum Gasteiger partial charge on any atom is 0.338 e. The third kappa shape index (κ3) is 4.97. The first kappa shape index (κ1) is 25.0. The molecule has 8 heteroatoms. The highest BCUT2D eigenvalue weighted by atomic mass is 32.1. The van der Waals surface area contributed by atoms with E-state index in [1.165, 1.54) is 11.3 Å². The third-order valence-electron chi connectivity index (χ3n) is 5.51. The molecule has 0 bridgehead atoms. The van der Waals surface area contributed by atoms with E-state index < -0.39 is 12.0 Å². The number of aromatic nitrogens is 1. The van der Waals surface area contributed by atoms with Gasteiger partial charge in [-0.25, -0.2) is 9.79 Å². The van der Waals surface area contributed by atoms with Crippen molar-refractivity contribution < 1.29 is 19.0 Å². The zero-order valence-corrected chi connectivity index (χ0v) is 21.1. The maximum atomic E-state index is 13.7. The average molecular weight is 503 g/mol. The molecule has 184 valence electrons. The minimum Gasteiger partial charge on any atom is -0.490 e. The van der Waals surface area contributed by atoms with Crippen LogP contribution in [0.15, 0.2) is 69.6 Å². The van der Waals surface area contributed by atoms with Crippen LogP contribution in [0.1, 0.15) is 37.9 Å². The van der Waals surface area contributed by atoms with E-state index in [1.807, 2.05) is 43.3 Å². The highest BCUT2D eigenvalue weighted by Crippen LogP contribution is 2.31. The van der Waals surface area contributed by atoms with Crippen molar-refractivity contribution in [2.75, 3.05) is 19.8 Å². The number of hydrogen-bond acceptors (Lipinski definition) is 7. The van der Waals surface area contributed by atoms with Crippen molar-refractivity contribution in [3.8, 4) is 23.8 Å². The van der Waals surface area contributed by atoms with Crippen LogP contribution < -0.4 is 24.4 Å². The highest BCUT2D eigenvalue weighted by Gasteiger charge is 2.33. The Labute approximate surface area is 213 Å². The number of fused-ring (bicyclic) bond motifs is 1. The molecular formula is C28H26N2O5S. The molecular weight excluding hydrogens is 476 g/mol. The summed E-state index contributed by atoms with van der Waals surface area (Å²) in [6.07, 6.45) is 7.09. The maximum absolute atomic E-state index is 13.7. The number of benzene rings is 2. The molecule has 7 nitrogen and oxygen atoms in total. The molecule has 0 saturated heterocycles. The van der Waals surface area contributed by atoms with Crippen LogP contribution in [0.25, 0.3) is 6.08 Å². The number of nitrogens with zero attached hydrogens (tertiary/aromatic N) is 2. The first-order valence-electron chi connectivity index (χ1n) is 11.6. The molecule has 0 saturated carbocycles. The molecule has 0 spiro atoms. The van der Waals surface area contributed by atoms with Crippen LogP contribution in [0.5, 0.6) is 11.5 Å². The second kappa shape index (κ2) is 11.1. The number of esters is 1. The van der Waals surface area contributed by atoms with Gasteiger partial charge in [-0.15, -0.1) is 6.42 Å². The predicted molar refractivity (Wildman–Crippen MR) is 139 cm³/mol. The SMILES string of the molecule is C#CCOc1ccc(/C=c2\sc3n(c2=O)[C@@H](c2ccccc2)C(C(=O)OCC)=C(C)N=3)cc1OCC. The van der Waals surface area contributed by atoms with Gasteiger partial charge in [0, 0.05) is 0 Å². The van der Waals surface area contributed by atoms with Crippen molar-refractivity contribution >= 4 is 23.4 Å². The molecule has 1 aliphatic heterocycles. The molecule has 1 atom stereocenters. The predicted octanol–water partition coefficient (Wildman–Crippen LogP) is 3.21. The number of terminal acetylenes is 1. The molecule has 0 radical (unpaired) electrons. The monoisotopic (exact) mass is 502 g/mol. The van der Waals surface area contributed by atoms with Crippen LogP contribution in [0, 0.1) is 12.3 Å². The standard InChI is InChI=1S/C28H26N2O5S/c1-5-15-35-21-14-13-19(16-22(21)33-6-2)17-23-26(31)30-25(20-11-9-8-10-12-20)24(27(32)34-7-3)18(4)29-28(30)36-23/h1,8-14,16-17,25H,6-7,15H2,2-4H3/b23-17-/t25-/m0/s1. The van der Waals surface area contributed by atoms with Crippen LogP contribution >= 0.6 is 11.3 Å². The van der Waals surface area contributed by atoms with Crippen LogP contribution in [0.4, 0.5) is 0 Å². The first-order valence-corrected chi connectivity index (χ1v) is 12.4. The van der Waals surface area contributed by atoms with Crippen molar-refractivity contribution in [1.82, 2.24) is 4.57 Å². The van der Waals surface area contributed by atoms with Crippen molar-refractivity contribution in [3.05, 3.63) is 90.6 Å². The van der Waals surface area contributed by atoms with Gasteiger partial charge in [-0.2, -0.15) is 0 Å². The van der Waals surface area contributed by atoms with Gasteiger partial charge in [0.1, 0.15) is 6.61 Å². The topological polar surface area (TPSA) is 79.1 Å². The zero-order chi connectivity index (χ0) is 25.7. The molecule has 3 aromatic rings. The Kier molecular flexibility index (Phi) is 7.71. The Hall–Kier alpha value is -4.09. The lowest BCUT2D eigenvalue weighted by molar-refractivity contribution is -0.139. The lowest BCUT2D eigenvalue weighted by atomic mass is 9.96. The summed E-state index contributed by atoms with van der Waals surface area (Å²) in [5, 5.41) is 0. The van der Waals surface area contributed by atoms with E-state index in [0.29, 0.717) is 38.7 Å². The lowest BCUT2D eigenvalue weighted by Gasteiger charge is -2.24. The summed E-state index contributed by atoms with van der Waals surface area (Å²) in [7, 11) is 0. The molecule has 36 heavy (non-hydrogen) atoms. The van der Waals surface area contributed by atoms with Gasteiger partial charge in [-0.05, 0) is 50.1 Å². The Morgan fingerprint density at radius 2 is 1.92 bits per heavy atom. The molecule has 2 heterocycles. The summed E-state index contributed by atoms with van der Waals surface area (Å²) in [6, 6.07) is 14.2. The summed E-state index contributed by atoms with van der Waals surface area (Å²) in [4.78, 5) is 31.7. The second-order valence-corrected chi connectivity index (χ2v) is 8.85. The molecule has 0 unspecified atom stereocenters. The smallest absolute Gasteiger partial charge is 0.338 e. The number of hydrogen-bond donors (Lipinski definition) is 0. The molecule has 0 N–H and O–H groups in total. The zero-order valence-electron chi connectivity index (χ0n) is 20.3. The van der Waals surface area contributed by atoms with E-state index in [1.54, 1.807) is 36.6 Å². The lowest BCUT2D eigenvalue weighted by Crippen LogP contribution is -2.39. The highest BCUT2D eigenvalue weighted by molar-refractivity contribution is 7.07. The van der Waals surface area contributed by atoms with Crippen LogP contribution in [0.2, 0.25) is 0 Å². The third-order valence-corrected chi connectivity index (χ3v) is 6.49. The number of thiazole rings is 1. The summed E-state index contributed by atoms with van der Waals surface area (Å²) in [5.74, 6) is 3.03. The number of ether oxygens (including phenoxy) is 3. The van der Waals surface area contributed by atoms with Crippen molar-refractivity contribution in [1.29, 1.82) is 0 Å². The number of carbonyl (C=O) groups is 1. The molecule has 4 rings (SSSR count). The van der Waals surface area contributed by atoms with Crippen LogP contribution in [-0.2, 0) is 9.53 Å². The number of allylic oxidation sites excluding steroid dienone is 1. The van der Waals surface area contributed by atoms with Gasteiger partial charge >= 0.3 is 5.97 Å². The molecule has 1 aliphatic rings. The minimum absolute atomic E-state index is 0.125. The fraction of sp³-hybridized carbons (Fsp3) is 0.250. The van der Waals surface area contributed by atoms with Gasteiger partial charge in [-0.3, -0.25) is 9.36 Å². The van der Waals surface area contributed by atoms with Gasteiger partial charge in [0.15, 0.2) is 16.3 Å². The Morgan fingerprint density at radius 3 is 2.61 bits per heavy atom. The minimum atomic E-state index is -0.637. The summed E-state index contributed by atoms with van der Waals surface area (Å²) >= 11 is 1.27. The Morgan fingerprint density at radius 1 is 1.14 bits per heavy atom. The van der Waals surface area contributed by atoms with Gasteiger partial charge in [0.25, 0.3) is 5.56 Å². The van der Waals surface area contributed by atoms with E-state index in [-0.39, 0.29) is 18.8 Å². The molecule has 2 aromatic carbocycles. The number of carbonyl (C=O) groups excluding carboxylic acids is 1. The molecule has 1 aromatic heterocycles. The second-order valence-electron chi connectivity index (χ2n) is 7.84. The van der Waals surface area contributed by atoms with Gasteiger partial charge < -0.3 is 14.2 Å². The van der Waals surface area contributed by atoms with E-state index in [9.17, 15) is 9.59 Å². The summed E-state index contributed by atoms with van der Waals surface area (Å²) in [5.41, 5.74) is 2.21. The Bertz CT molecular complexity index is 1530. The van der Waals surface area contributed by atoms with E-state index in [4.69, 9.17) is 20.6 Å². The van der Waals surface area contributed by atoms with E-state index in [2.05, 4.69) is 10.9 Å². The first-order chi connectivity index (χ1) is 17.5. The normalized spacial score (nSPS) is 15.1. The molecule has 0 fully saturated rings. The van der Waals surface area contributed by atoms with E-state index >= 15 is 0 Å².